The first-order valence-electron chi connectivity index (χ1n) is 10.1. The molecule has 1 atom stereocenters. The standard InChI is InChI=1S/C21H29N3O6/c1-5-11-21(12-6-2)19(27)24(20(28)23-21)13-17(25)30-14(3)18(26)22-15-9-7-8-10-16(15)29-4/h7-10,14H,5-6,11-13H2,1-4H3,(H,22,26)(H,23,28)/t14-/m1/s1. The molecule has 0 unspecified atom stereocenters. The molecule has 164 valence electrons. The Bertz CT molecular complexity index is 804. The highest BCUT2D eigenvalue weighted by atomic mass is 16.5. The molecular formula is C21H29N3O6. The van der Waals surface area contributed by atoms with Crippen molar-refractivity contribution in [3.05, 3.63) is 24.3 Å². The van der Waals surface area contributed by atoms with Crippen molar-refractivity contribution >= 4 is 29.5 Å². The molecule has 2 rings (SSSR count). The lowest BCUT2D eigenvalue weighted by Gasteiger charge is -2.25. The quantitative estimate of drug-likeness (QED) is 0.445. The van der Waals surface area contributed by atoms with Crippen LogP contribution < -0.4 is 15.4 Å². The van der Waals surface area contributed by atoms with Crippen LogP contribution in [0.1, 0.15) is 46.5 Å². The SMILES string of the molecule is CCCC1(CCC)NC(=O)N(CC(=O)O[C@H](C)C(=O)Nc2ccccc2OC)C1=O. The Labute approximate surface area is 176 Å². The highest BCUT2D eigenvalue weighted by Gasteiger charge is 2.50. The molecular weight excluding hydrogens is 390 g/mol. The third-order valence-corrected chi connectivity index (χ3v) is 4.93. The summed E-state index contributed by atoms with van der Waals surface area (Å²) in [4.78, 5) is 50.7. The summed E-state index contributed by atoms with van der Waals surface area (Å²) in [5, 5.41) is 5.36. The maximum Gasteiger partial charge on any atom is 0.327 e. The Morgan fingerprint density at radius 3 is 2.40 bits per heavy atom. The fourth-order valence-corrected chi connectivity index (χ4v) is 3.54. The molecule has 2 N–H and O–H groups in total. The third kappa shape index (κ3) is 5.08. The second-order valence-electron chi connectivity index (χ2n) is 7.23. The Hall–Kier alpha value is -3.10. The molecule has 1 aliphatic heterocycles. The number of esters is 1. The van der Waals surface area contributed by atoms with Crippen LogP contribution in [-0.2, 0) is 19.1 Å². The number of benzene rings is 1. The number of urea groups is 1. The molecule has 9 heteroatoms. The Kier molecular flexibility index (Phi) is 7.79. The molecule has 9 nitrogen and oxygen atoms in total. The van der Waals surface area contributed by atoms with Crippen molar-refractivity contribution in [2.75, 3.05) is 19.0 Å². The number of methoxy groups -OCH3 is 1. The van der Waals surface area contributed by atoms with Gasteiger partial charge in [0.2, 0.25) is 0 Å². The summed E-state index contributed by atoms with van der Waals surface area (Å²) in [5.41, 5.74) is -0.542. The van der Waals surface area contributed by atoms with Gasteiger partial charge < -0.3 is 20.1 Å². The van der Waals surface area contributed by atoms with Crippen molar-refractivity contribution < 1.29 is 28.7 Å². The van der Waals surface area contributed by atoms with Gasteiger partial charge in [-0.1, -0.05) is 38.8 Å². The van der Waals surface area contributed by atoms with Crippen molar-refractivity contribution in [1.82, 2.24) is 10.2 Å². The van der Waals surface area contributed by atoms with Gasteiger partial charge in [0.05, 0.1) is 12.8 Å². The van der Waals surface area contributed by atoms with Crippen molar-refractivity contribution in [1.29, 1.82) is 0 Å². The van der Waals surface area contributed by atoms with E-state index in [4.69, 9.17) is 9.47 Å². The molecule has 1 aromatic rings. The predicted octanol–water partition coefficient (Wildman–Crippen LogP) is 2.46. The molecule has 1 aromatic carbocycles. The number of rotatable bonds is 10. The topological polar surface area (TPSA) is 114 Å². The van der Waals surface area contributed by atoms with E-state index in [0.29, 0.717) is 37.1 Å². The van der Waals surface area contributed by atoms with Gasteiger partial charge in [0.15, 0.2) is 6.10 Å². The van der Waals surface area contributed by atoms with Gasteiger partial charge in [-0.2, -0.15) is 0 Å². The lowest BCUT2D eigenvalue weighted by atomic mass is 9.88. The van der Waals surface area contributed by atoms with Crippen LogP contribution in [0.15, 0.2) is 24.3 Å². The zero-order valence-corrected chi connectivity index (χ0v) is 17.8. The highest BCUT2D eigenvalue weighted by Crippen LogP contribution is 2.28. The number of amides is 4. The number of anilines is 1. The molecule has 0 saturated carbocycles. The number of hydrogen-bond acceptors (Lipinski definition) is 6. The number of ether oxygens (including phenoxy) is 2. The minimum atomic E-state index is -1.13. The first kappa shape index (κ1) is 23.2. The van der Waals surface area contributed by atoms with Crippen molar-refractivity contribution in [2.24, 2.45) is 0 Å². The largest absolute Gasteiger partial charge is 0.495 e. The van der Waals surface area contributed by atoms with Gasteiger partial charge in [-0.15, -0.1) is 0 Å². The first-order valence-corrected chi connectivity index (χ1v) is 10.1. The molecule has 1 heterocycles. The van der Waals surface area contributed by atoms with Gasteiger partial charge >= 0.3 is 12.0 Å². The summed E-state index contributed by atoms with van der Waals surface area (Å²) < 4.78 is 10.3. The normalized spacial score (nSPS) is 16.1. The number of para-hydroxylation sites is 2. The van der Waals surface area contributed by atoms with Crippen LogP contribution in [0.5, 0.6) is 5.75 Å². The molecule has 0 radical (unpaired) electrons. The summed E-state index contributed by atoms with van der Waals surface area (Å²) >= 11 is 0. The smallest absolute Gasteiger partial charge is 0.327 e. The van der Waals surface area contributed by atoms with E-state index < -0.39 is 42.0 Å². The number of nitrogens with zero attached hydrogens (tertiary/aromatic N) is 1. The molecule has 1 saturated heterocycles. The van der Waals surface area contributed by atoms with E-state index >= 15 is 0 Å². The van der Waals surface area contributed by atoms with Crippen LogP contribution in [0, 0.1) is 0 Å². The Balaban J connectivity index is 1.98. The lowest BCUT2D eigenvalue weighted by molar-refractivity contribution is -0.155. The summed E-state index contributed by atoms with van der Waals surface area (Å²) in [5.74, 6) is -1.37. The van der Waals surface area contributed by atoms with Gasteiger partial charge in [0, 0.05) is 0 Å². The van der Waals surface area contributed by atoms with Crippen LogP contribution in [0.4, 0.5) is 10.5 Å². The fourth-order valence-electron chi connectivity index (χ4n) is 3.54. The molecule has 30 heavy (non-hydrogen) atoms. The molecule has 0 aromatic heterocycles. The molecule has 1 fully saturated rings. The maximum atomic E-state index is 12.8. The number of carbonyl (C=O) groups excluding carboxylic acids is 4. The van der Waals surface area contributed by atoms with E-state index in [2.05, 4.69) is 10.6 Å². The molecule has 4 amide bonds. The first-order chi connectivity index (χ1) is 14.3. The Morgan fingerprint density at radius 1 is 1.17 bits per heavy atom. The van der Waals surface area contributed by atoms with E-state index in [-0.39, 0.29) is 0 Å². The predicted molar refractivity (Wildman–Crippen MR) is 110 cm³/mol. The van der Waals surface area contributed by atoms with E-state index in [1.54, 1.807) is 24.3 Å². The fraction of sp³-hybridized carbons (Fsp3) is 0.524. The van der Waals surface area contributed by atoms with Crippen LogP contribution >= 0.6 is 0 Å². The van der Waals surface area contributed by atoms with Crippen molar-refractivity contribution in [3.8, 4) is 5.75 Å². The average molecular weight is 419 g/mol. The van der Waals surface area contributed by atoms with Gasteiger partial charge in [-0.25, -0.2) is 4.79 Å². The van der Waals surface area contributed by atoms with Gasteiger partial charge in [0.25, 0.3) is 11.8 Å². The number of imide groups is 1. The lowest BCUT2D eigenvalue weighted by Crippen LogP contribution is -2.47. The molecule has 0 spiro atoms. The summed E-state index contributed by atoms with van der Waals surface area (Å²) in [6.45, 7) is 4.71. The van der Waals surface area contributed by atoms with Crippen molar-refractivity contribution in [2.45, 2.75) is 58.1 Å². The van der Waals surface area contributed by atoms with E-state index in [0.717, 1.165) is 4.90 Å². The number of hydrogen-bond donors (Lipinski definition) is 2. The molecule has 0 bridgehead atoms. The van der Waals surface area contributed by atoms with Crippen LogP contribution in [0.2, 0.25) is 0 Å². The van der Waals surface area contributed by atoms with Gasteiger partial charge in [-0.05, 0) is 31.9 Å². The zero-order valence-electron chi connectivity index (χ0n) is 17.8. The molecule has 0 aliphatic carbocycles. The van der Waals surface area contributed by atoms with Crippen molar-refractivity contribution in [3.63, 3.8) is 0 Å². The second-order valence-corrected chi connectivity index (χ2v) is 7.23. The minimum absolute atomic E-state index is 0.431. The van der Waals surface area contributed by atoms with Crippen LogP contribution in [-0.4, -0.2) is 54.0 Å². The van der Waals surface area contributed by atoms with Crippen LogP contribution in [0.25, 0.3) is 0 Å². The average Bonchev–Trinajstić information content (AvgIpc) is 2.93. The highest BCUT2D eigenvalue weighted by molar-refractivity contribution is 6.08. The number of nitrogens with one attached hydrogen (secondary N) is 2. The van der Waals surface area contributed by atoms with Gasteiger partial charge in [0.1, 0.15) is 17.8 Å². The van der Waals surface area contributed by atoms with E-state index in [1.165, 1.54) is 14.0 Å². The second kappa shape index (κ2) is 10.1. The minimum Gasteiger partial charge on any atom is -0.495 e. The zero-order chi connectivity index (χ0) is 22.3. The van der Waals surface area contributed by atoms with Crippen LogP contribution in [0.3, 0.4) is 0 Å². The Morgan fingerprint density at radius 2 is 1.80 bits per heavy atom. The van der Waals surface area contributed by atoms with Gasteiger partial charge in [-0.3, -0.25) is 19.3 Å². The summed E-state index contributed by atoms with van der Waals surface area (Å²) in [6.07, 6.45) is 1.29. The summed E-state index contributed by atoms with van der Waals surface area (Å²) in [6, 6.07) is 6.20. The third-order valence-electron chi connectivity index (χ3n) is 4.93. The maximum absolute atomic E-state index is 12.8. The van der Waals surface area contributed by atoms with E-state index in [9.17, 15) is 19.2 Å². The molecule has 1 aliphatic rings. The van der Waals surface area contributed by atoms with E-state index in [1.807, 2.05) is 13.8 Å². The number of carbonyl (C=O) groups is 4. The summed E-state index contributed by atoms with van der Waals surface area (Å²) in [7, 11) is 1.48. The monoisotopic (exact) mass is 419 g/mol.